The number of hydrogen-bond donors (Lipinski definition) is 2. The van der Waals surface area contributed by atoms with Crippen molar-refractivity contribution in [2.24, 2.45) is 4.99 Å². The molecule has 0 amide bonds. The van der Waals surface area contributed by atoms with Crippen LogP contribution in [-0.2, 0) is 15.6 Å². The lowest BCUT2D eigenvalue weighted by Gasteiger charge is -2.05. The molecule has 1 N–H and O–H groups in total. The smallest absolute Gasteiger partial charge is 0.226 e. The third kappa shape index (κ3) is 3.24. The van der Waals surface area contributed by atoms with Crippen molar-refractivity contribution in [2.75, 3.05) is 7.05 Å². The van der Waals surface area contributed by atoms with Crippen LogP contribution in [0.3, 0.4) is 0 Å². The van der Waals surface area contributed by atoms with Crippen LogP contribution < -0.4 is 4.72 Å². The van der Waals surface area contributed by atoms with Crippen molar-refractivity contribution in [3.8, 4) is 0 Å². The number of rotatable bonds is 2. The van der Waals surface area contributed by atoms with Gasteiger partial charge in [0.15, 0.2) is 0 Å². The van der Waals surface area contributed by atoms with E-state index in [9.17, 15) is 8.42 Å². The number of amidine groups is 1. The van der Waals surface area contributed by atoms with Crippen LogP contribution in [0.4, 0.5) is 0 Å². The lowest BCUT2D eigenvalue weighted by atomic mass is 10.2. The molecule has 0 heterocycles. The maximum Gasteiger partial charge on any atom is 0.226 e. The molecule has 0 saturated heterocycles. The Morgan fingerprint density at radius 1 is 1.40 bits per heavy atom. The van der Waals surface area contributed by atoms with Gasteiger partial charge in [-0.15, -0.1) is 0 Å². The van der Waals surface area contributed by atoms with Gasteiger partial charge in [-0.2, -0.15) is 0 Å². The molecular formula is C9H12N2O2S2. The van der Waals surface area contributed by atoms with Crippen molar-refractivity contribution in [1.29, 1.82) is 0 Å². The Morgan fingerprint density at radius 3 is 2.47 bits per heavy atom. The van der Waals surface area contributed by atoms with Gasteiger partial charge in [-0.1, -0.05) is 43.1 Å². The van der Waals surface area contributed by atoms with Crippen LogP contribution in [0.2, 0.25) is 0 Å². The highest BCUT2D eigenvalue weighted by Gasteiger charge is 2.18. The molecule has 0 aliphatic rings. The molecule has 6 heteroatoms. The Morgan fingerprint density at radius 2 is 2.00 bits per heavy atom. The molecule has 0 unspecified atom stereocenters. The van der Waals surface area contributed by atoms with Crippen molar-refractivity contribution in [3.05, 3.63) is 35.9 Å². The maximum absolute atomic E-state index is 11.7. The highest BCUT2D eigenvalue weighted by atomic mass is 32.2. The Kier molecular flexibility index (Phi) is 4.16. The predicted molar refractivity (Wildman–Crippen MR) is 64.5 cm³/mol. The molecule has 0 radical (unpaired) electrons. The van der Waals surface area contributed by atoms with Gasteiger partial charge in [-0.3, -0.25) is 4.99 Å². The molecule has 1 aromatic carbocycles. The second kappa shape index (κ2) is 5.18. The quantitative estimate of drug-likeness (QED) is 0.464. The minimum absolute atomic E-state index is 0.0753. The molecule has 15 heavy (non-hydrogen) atoms. The zero-order valence-corrected chi connectivity index (χ0v) is 9.92. The van der Waals surface area contributed by atoms with Gasteiger partial charge in [0.2, 0.25) is 15.0 Å². The van der Waals surface area contributed by atoms with Crippen LogP contribution in [0.5, 0.6) is 0 Å². The summed E-state index contributed by atoms with van der Waals surface area (Å²) in [5, 5.41) is -0.116. The van der Waals surface area contributed by atoms with Gasteiger partial charge in [0.05, 0.1) is 5.75 Å². The highest BCUT2D eigenvalue weighted by Crippen LogP contribution is 2.06. The summed E-state index contributed by atoms with van der Waals surface area (Å²) in [6.45, 7) is 0. The van der Waals surface area contributed by atoms with Gasteiger partial charge >= 0.3 is 0 Å². The van der Waals surface area contributed by atoms with E-state index in [0.717, 1.165) is 5.56 Å². The molecule has 0 aromatic heterocycles. The first-order valence-electron chi connectivity index (χ1n) is 4.23. The molecule has 0 fully saturated rings. The average Bonchev–Trinajstić information content (AvgIpc) is 2.19. The second-order valence-corrected chi connectivity index (χ2v) is 5.01. The maximum atomic E-state index is 11.7. The van der Waals surface area contributed by atoms with Gasteiger partial charge in [-0.25, -0.2) is 8.42 Å². The lowest BCUT2D eigenvalue weighted by Crippen LogP contribution is -2.26. The largest absolute Gasteiger partial charge is 0.308 e. The summed E-state index contributed by atoms with van der Waals surface area (Å²) in [4.78, 5) is 3.62. The number of nitrogens with one attached hydrogen (secondary N) is 1. The molecule has 0 aliphatic heterocycles. The van der Waals surface area contributed by atoms with E-state index in [1.807, 2.05) is 6.07 Å². The van der Waals surface area contributed by atoms with Gasteiger partial charge < -0.3 is 4.72 Å². The van der Waals surface area contributed by atoms with Crippen LogP contribution in [0, 0.1) is 0 Å². The minimum atomic E-state index is -3.41. The number of nitrogens with zero attached hydrogens (tertiary/aromatic N) is 1. The molecule has 0 saturated carbocycles. The summed E-state index contributed by atoms with van der Waals surface area (Å²) in [5.41, 5.74) is 0.724. The molecule has 1 aromatic rings. The van der Waals surface area contributed by atoms with Crippen LogP contribution in [0.15, 0.2) is 35.3 Å². The summed E-state index contributed by atoms with van der Waals surface area (Å²) < 4.78 is 25.7. The van der Waals surface area contributed by atoms with Crippen LogP contribution in [-0.4, -0.2) is 20.6 Å². The molecule has 82 valence electrons. The lowest BCUT2D eigenvalue weighted by molar-refractivity contribution is 0.606. The summed E-state index contributed by atoms with van der Waals surface area (Å²) >= 11 is 3.70. The monoisotopic (exact) mass is 244 g/mol. The fraction of sp³-hybridized carbons (Fsp3) is 0.222. The summed E-state index contributed by atoms with van der Waals surface area (Å²) in [7, 11) is -2.01. The highest BCUT2D eigenvalue weighted by molar-refractivity contribution is 8.06. The third-order valence-electron chi connectivity index (χ3n) is 1.79. The average molecular weight is 244 g/mol. The fourth-order valence-corrected chi connectivity index (χ4v) is 2.82. The summed E-state index contributed by atoms with van der Waals surface area (Å²) in [5.74, 6) is -0.0753. The SMILES string of the molecule is CN=C(NS)S(=O)(=O)Cc1ccccc1. The van der Waals surface area contributed by atoms with Gasteiger partial charge in [0.1, 0.15) is 0 Å². The van der Waals surface area contributed by atoms with Crippen molar-refractivity contribution in [1.82, 2.24) is 4.72 Å². The summed E-state index contributed by atoms with van der Waals surface area (Å²) in [6.07, 6.45) is 0. The Hall–Kier alpha value is -1.01. The third-order valence-corrected chi connectivity index (χ3v) is 3.74. The van der Waals surface area contributed by atoms with Crippen LogP contribution >= 0.6 is 12.8 Å². The zero-order valence-electron chi connectivity index (χ0n) is 8.21. The number of benzene rings is 1. The van der Waals surface area contributed by atoms with Gasteiger partial charge in [-0.05, 0) is 5.56 Å². The van der Waals surface area contributed by atoms with Crippen molar-refractivity contribution in [3.63, 3.8) is 0 Å². The molecule has 0 bridgehead atoms. The second-order valence-electron chi connectivity index (χ2n) is 2.89. The molecule has 0 spiro atoms. The van der Waals surface area contributed by atoms with E-state index in [4.69, 9.17) is 0 Å². The van der Waals surface area contributed by atoms with Crippen molar-refractivity contribution < 1.29 is 8.42 Å². The van der Waals surface area contributed by atoms with E-state index in [2.05, 4.69) is 22.5 Å². The number of aliphatic imine (C=N–C) groups is 1. The van der Waals surface area contributed by atoms with Gasteiger partial charge in [0, 0.05) is 7.05 Å². The van der Waals surface area contributed by atoms with Crippen LogP contribution in [0.1, 0.15) is 5.56 Å². The van der Waals surface area contributed by atoms with E-state index in [1.165, 1.54) is 7.05 Å². The van der Waals surface area contributed by atoms with E-state index in [1.54, 1.807) is 24.3 Å². The topological polar surface area (TPSA) is 58.5 Å². The Labute approximate surface area is 94.9 Å². The first-order valence-corrected chi connectivity index (χ1v) is 6.33. The molecule has 0 atom stereocenters. The van der Waals surface area contributed by atoms with Crippen molar-refractivity contribution in [2.45, 2.75) is 5.75 Å². The standard InChI is InChI=1S/C9H12N2O2S2/c1-10-9(11-14)15(12,13)7-8-5-3-2-4-6-8/h2-6,14H,7H2,1H3,(H,10,11). The van der Waals surface area contributed by atoms with Crippen molar-refractivity contribution >= 4 is 27.8 Å². The van der Waals surface area contributed by atoms with Gasteiger partial charge in [0.25, 0.3) is 0 Å². The van der Waals surface area contributed by atoms with E-state index < -0.39 is 9.84 Å². The molecule has 0 aliphatic carbocycles. The first-order chi connectivity index (χ1) is 7.10. The number of thiol groups is 1. The first kappa shape index (κ1) is 12.1. The molecule has 1 rings (SSSR count). The van der Waals surface area contributed by atoms with E-state index in [0.29, 0.717) is 0 Å². The number of hydrogen-bond acceptors (Lipinski definition) is 4. The fourth-order valence-electron chi connectivity index (χ4n) is 1.12. The molecule has 4 nitrogen and oxygen atoms in total. The Bertz CT molecular complexity index is 440. The summed E-state index contributed by atoms with van der Waals surface area (Å²) in [6, 6.07) is 8.93. The van der Waals surface area contributed by atoms with E-state index >= 15 is 0 Å². The predicted octanol–water partition coefficient (Wildman–Crippen LogP) is 1.02. The number of sulfone groups is 1. The zero-order chi connectivity index (χ0) is 11.3. The minimum Gasteiger partial charge on any atom is -0.308 e. The van der Waals surface area contributed by atoms with Crippen LogP contribution in [0.25, 0.3) is 0 Å². The Balaban J connectivity index is 2.92. The molecular weight excluding hydrogens is 232 g/mol. The normalized spacial score (nSPS) is 12.5. The van der Waals surface area contributed by atoms with E-state index in [-0.39, 0.29) is 10.9 Å².